The Balaban J connectivity index is 0.000000679. The van der Waals surface area contributed by atoms with Crippen LogP contribution in [0.25, 0.3) is 0 Å². The Morgan fingerprint density at radius 1 is 0.315 bits per heavy atom. The maximum Gasteiger partial charge on any atom is 0.312 e. The van der Waals surface area contributed by atoms with Crippen LogP contribution in [-0.2, 0) is 47.7 Å². The Labute approximate surface area is 691 Å². The van der Waals surface area contributed by atoms with Gasteiger partial charge in [-0.25, -0.2) is 0 Å². The molecular weight excluding hydrogens is 1370 g/mol. The molecule has 656 valence electrons. The molecule has 0 aromatic carbocycles. The minimum absolute atomic E-state index is 0. The molecule has 0 N–H and O–H groups in total. The van der Waals surface area contributed by atoms with Crippen LogP contribution in [0.5, 0.6) is 0 Å². The molecule has 16 aliphatic carbocycles. The van der Waals surface area contributed by atoms with E-state index in [2.05, 4.69) is 76.2 Å². The van der Waals surface area contributed by atoms with E-state index in [0.717, 1.165) is 165 Å². The Bertz CT molecular complexity index is 2920. The van der Waals surface area contributed by atoms with Crippen LogP contribution in [0.1, 0.15) is 444 Å². The Morgan fingerprint density at radius 2 is 0.703 bits per heavy atom. The molecule has 16 aliphatic rings. The number of fused-ring (bicyclic) bond motifs is 20. The first-order valence-electron chi connectivity index (χ1n) is 43.4. The lowest BCUT2D eigenvalue weighted by molar-refractivity contribution is -0.185. The largest absolute Gasteiger partial charge is 0.459 e. The monoisotopic (exact) mass is 1570 g/mol. The Hall–Kier alpha value is -2.65. The van der Waals surface area contributed by atoms with Gasteiger partial charge >= 0.3 is 29.8 Å². The second-order valence-electron chi connectivity index (χ2n) is 42.5. The molecule has 22 unspecified atom stereocenters. The van der Waals surface area contributed by atoms with Gasteiger partial charge in [-0.2, -0.15) is 0 Å². The van der Waals surface area contributed by atoms with Gasteiger partial charge in [0.2, 0.25) is 0 Å². The zero-order valence-electron chi connectivity index (χ0n) is 68.8. The molecule has 0 spiro atoms. The third kappa shape index (κ3) is 20.5. The molecule has 0 radical (unpaired) electrons. The van der Waals surface area contributed by atoms with Gasteiger partial charge in [-0.05, 0) is 378 Å². The van der Waals surface area contributed by atoms with Crippen molar-refractivity contribution in [3.8, 4) is 0 Å². The first-order valence-corrected chi connectivity index (χ1v) is 43.4. The third-order valence-corrected chi connectivity index (χ3v) is 34.3. The van der Waals surface area contributed by atoms with Gasteiger partial charge in [0.05, 0.1) is 27.1 Å². The van der Waals surface area contributed by atoms with Crippen LogP contribution < -0.4 is 0 Å². The lowest BCUT2D eigenvalue weighted by Gasteiger charge is -2.48. The van der Waals surface area contributed by atoms with Gasteiger partial charge in [-0.3, -0.25) is 24.0 Å². The van der Waals surface area contributed by atoms with E-state index < -0.39 is 0 Å². The molecule has 0 amide bonds. The average molecular weight is 1570 g/mol. The van der Waals surface area contributed by atoms with E-state index in [1.807, 2.05) is 69.2 Å². The van der Waals surface area contributed by atoms with E-state index in [-0.39, 0.29) is 165 Å². The lowest BCUT2D eigenvalue weighted by atomic mass is 9.63. The van der Waals surface area contributed by atoms with Crippen LogP contribution in [0.3, 0.4) is 0 Å². The quantitative estimate of drug-likeness (QED) is 0.0788. The van der Waals surface area contributed by atoms with Crippen molar-refractivity contribution < 1.29 is 47.7 Å². The Kier molecular flexibility index (Phi) is 37.8. The van der Waals surface area contributed by atoms with Crippen LogP contribution in [0, 0.1) is 145 Å². The van der Waals surface area contributed by atoms with E-state index in [4.69, 9.17) is 23.7 Å². The second-order valence-corrected chi connectivity index (χ2v) is 42.5. The summed E-state index contributed by atoms with van der Waals surface area (Å²) >= 11 is 0. The van der Waals surface area contributed by atoms with Crippen molar-refractivity contribution in [1.29, 1.82) is 0 Å². The molecule has 16 saturated carbocycles. The van der Waals surface area contributed by atoms with Crippen molar-refractivity contribution in [3.63, 3.8) is 0 Å². The summed E-state index contributed by atoms with van der Waals surface area (Å²) in [5.41, 5.74) is -2.43. The van der Waals surface area contributed by atoms with Gasteiger partial charge in [0, 0.05) is 23.2 Å². The van der Waals surface area contributed by atoms with Crippen LogP contribution in [0.2, 0.25) is 0 Å². The summed E-state index contributed by atoms with van der Waals surface area (Å²) in [6, 6.07) is 0. The number of ether oxygens (including phenoxy) is 5. The standard InChI is InChI=1S/C20H32O2.C19H30O2.C18H30O2.2C17H30O2.10CH4/c1-5-19(3,4)18(21)22-20(6-2)11-14-10-15(20)17-13-8-7-12(9-13)16(14)17;1-5-18(2,3)17(20)21-19(4)10-13-9-14(19)16-12-7-6-11(8-12)15(13)16;1-6-16(2,3)15(19)20-17(4,5)18-10-12-7-13(11-18)9-14(18)8-12;1-5-16(2,3)15(18)19-17(4)12-8-10-13-9-6-7-11-14(13)17;1-5-16(2,3)15(18)19-17(4)11-10-13-8-6-7-9-14(13)12-17;;;;;;;;;;/h12-17H,5-11H2,1-4H3;11-16H,5-10H2,1-4H3;12-14H,6-11H2,1-5H3;2*13-14H,5-12H2,1-4H3;10*1H4. The predicted octanol–water partition coefficient (Wildman–Crippen LogP) is 29.6. The molecule has 0 aliphatic heterocycles. The molecule has 0 heterocycles. The van der Waals surface area contributed by atoms with Crippen molar-refractivity contribution in [2.75, 3.05) is 0 Å². The summed E-state index contributed by atoms with van der Waals surface area (Å²) in [5, 5.41) is 0. The number of carbonyl (C=O) groups excluding carboxylic acids is 5. The first kappa shape index (κ1) is 106. The number of hydrogen-bond acceptors (Lipinski definition) is 10. The van der Waals surface area contributed by atoms with Gasteiger partial charge in [0.1, 0.15) is 28.0 Å². The molecule has 12 bridgehead atoms. The molecule has 16 fully saturated rings. The molecule has 16 rings (SSSR count). The molecular formula is C101H192O10. The zero-order chi connectivity index (χ0) is 73.6. The Morgan fingerprint density at radius 3 is 1.18 bits per heavy atom. The SMILES string of the molecule is C.C.C.C.C.C.C.C.C.C.CCC(C)(C)C(=O)OC(C)(C)C12CC3CC(CC1C3)C2.CCC(C)(C)C(=O)OC1(C)CC2CC1C1C3CCC(C3)C21.CCC(C)(C)C(=O)OC1(C)CCC2CCCCC2C1.CCC(C)(C)C(=O)OC1(C)CCCC2CCCCC21.CCC(C)(C)C(=O)OC1(CC)CC2CC1C1C3CCC(C3)C21. The summed E-state index contributed by atoms with van der Waals surface area (Å²) in [6.07, 6.45) is 43.6. The van der Waals surface area contributed by atoms with E-state index in [9.17, 15) is 24.0 Å². The van der Waals surface area contributed by atoms with Crippen molar-refractivity contribution in [2.24, 2.45) is 145 Å². The molecule has 0 aromatic rings. The van der Waals surface area contributed by atoms with Gasteiger partial charge < -0.3 is 23.7 Å². The predicted molar refractivity (Wildman–Crippen MR) is 473 cm³/mol. The molecule has 22 atom stereocenters. The number of hydrogen-bond donors (Lipinski definition) is 0. The molecule has 0 saturated heterocycles. The maximum atomic E-state index is 12.7. The average Bonchev–Trinajstić information content (AvgIpc) is 2.27. The fourth-order valence-corrected chi connectivity index (χ4v) is 26.2. The van der Waals surface area contributed by atoms with Crippen molar-refractivity contribution in [2.45, 2.75) is 472 Å². The highest BCUT2D eigenvalue weighted by molar-refractivity contribution is 5.78. The number of rotatable bonds is 17. The molecule has 10 nitrogen and oxygen atoms in total. The van der Waals surface area contributed by atoms with Crippen LogP contribution in [0.4, 0.5) is 0 Å². The fraction of sp³-hybridized carbons (Fsp3) is 0.950. The summed E-state index contributed by atoms with van der Waals surface area (Å²) < 4.78 is 30.6. The smallest absolute Gasteiger partial charge is 0.312 e. The van der Waals surface area contributed by atoms with Gasteiger partial charge in [0.15, 0.2) is 0 Å². The maximum absolute atomic E-state index is 12.7. The van der Waals surface area contributed by atoms with E-state index in [0.29, 0.717) is 17.8 Å². The summed E-state index contributed by atoms with van der Waals surface area (Å²) in [6.45, 7) is 43.6. The summed E-state index contributed by atoms with van der Waals surface area (Å²) in [4.78, 5) is 62.5. The van der Waals surface area contributed by atoms with Crippen LogP contribution >= 0.6 is 0 Å². The molecule has 10 heteroatoms. The minimum Gasteiger partial charge on any atom is -0.459 e. The van der Waals surface area contributed by atoms with E-state index >= 15 is 0 Å². The summed E-state index contributed by atoms with van der Waals surface area (Å²) in [5.74, 6) is 16.5. The van der Waals surface area contributed by atoms with E-state index in [1.165, 1.54) is 154 Å². The zero-order valence-corrected chi connectivity index (χ0v) is 68.8. The fourth-order valence-electron chi connectivity index (χ4n) is 26.2. The van der Waals surface area contributed by atoms with Crippen molar-refractivity contribution in [3.05, 3.63) is 0 Å². The highest BCUT2D eigenvalue weighted by Crippen LogP contribution is 2.73. The lowest BCUT2D eigenvalue weighted by Crippen LogP contribution is -2.49. The first-order chi connectivity index (χ1) is 47.2. The highest BCUT2D eigenvalue weighted by atomic mass is 16.6. The van der Waals surface area contributed by atoms with Gasteiger partial charge in [-0.1, -0.05) is 161 Å². The van der Waals surface area contributed by atoms with Crippen LogP contribution in [-0.4, -0.2) is 57.9 Å². The number of carbonyl (C=O) groups is 5. The third-order valence-electron chi connectivity index (χ3n) is 34.3. The molecule has 0 aromatic heterocycles. The second kappa shape index (κ2) is 39.5. The van der Waals surface area contributed by atoms with Crippen molar-refractivity contribution in [1.82, 2.24) is 0 Å². The molecule has 111 heavy (non-hydrogen) atoms. The van der Waals surface area contributed by atoms with E-state index in [1.54, 1.807) is 0 Å². The van der Waals surface area contributed by atoms with Crippen molar-refractivity contribution >= 4 is 29.8 Å². The minimum atomic E-state index is -0.358. The van der Waals surface area contributed by atoms with Crippen LogP contribution in [0.15, 0.2) is 0 Å². The highest BCUT2D eigenvalue weighted by Gasteiger charge is 2.70. The number of esters is 5. The normalized spacial score (nSPS) is 38.5. The van der Waals surface area contributed by atoms with Gasteiger partial charge in [0.25, 0.3) is 0 Å². The van der Waals surface area contributed by atoms with Gasteiger partial charge in [-0.15, -0.1) is 0 Å². The summed E-state index contributed by atoms with van der Waals surface area (Å²) in [7, 11) is 0. The topological polar surface area (TPSA) is 132 Å².